The Morgan fingerprint density at radius 2 is 1.29 bits per heavy atom. The summed E-state index contributed by atoms with van der Waals surface area (Å²) in [6, 6.07) is 0. The van der Waals surface area contributed by atoms with Crippen molar-refractivity contribution in [3.8, 4) is 0 Å². The summed E-state index contributed by atoms with van der Waals surface area (Å²) in [5.74, 6) is 2.76. The van der Waals surface area contributed by atoms with Crippen molar-refractivity contribution >= 4 is 12.6 Å². The van der Waals surface area contributed by atoms with Gasteiger partial charge in [0, 0.05) is 5.25 Å². The standard InChI is InChI=1S/C13H26S/c1-10(2)12-6-4-8-13(11(3)14)9-5-7-12/h10-14H,4-9H2,1-3H3. The van der Waals surface area contributed by atoms with Crippen molar-refractivity contribution < 1.29 is 0 Å². The van der Waals surface area contributed by atoms with E-state index in [1.54, 1.807) is 0 Å². The number of thiol groups is 1. The minimum atomic E-state index is 0.602. The van der Waals surface area contributed by atoms with Crippen molar-refractivity contribution in [2.45, 2.75) is 64.5 Å². The third-order valence-corrected chi connectivity index (χ3v) is 4.35. The number of rotatable bonds is 2. The Hall–Kier alpha value is 0.350. The van der Waals surface area contributed by atoms with E-state index in [4.69, 9.17) is 0 Å². The van der Waals surface area contributed by atoms with Gasteiger partial charge in [0.15, 0.2) is 0 Å². The van der Waals surface area contributed by atoms with Gasteiger partial charge in [0.1, 0.15) is 0 Å². The molecule has 14 heavy (non-hydrogen) atoms. The normalized spacial score (nSPS) is 32.4. The summed E-state index contributed by atoms with van der Waals surface area (Å²) in [5, 5.41) is 0.602. The molecule has 1 heteroatoms. The van der Waals surface area contributed by atoms with Crippen molar-refractivity contribution in [1.82, 2.24) is 0 Å². The second kappa shape index (κ2) is 6.05. The van der Waals surface area contributed by atoms with E-state index in [0.717, 1.165) is 17.8 Å². The van der Waals surface area contributed by atoms with Gasteiger partial charge in [-0.1, -0.05) is 46.5 Å². The molecule has 0 aliphatic heterocycles. The molecule has 84 valence electrons. The first-order valence-corrected chi connectivity index (χ1v) is 6.81. The van der Waals surface area contributed by atoms with E-state index in [0.29, 0.717) is 5.25 Å². The fourth-order valence-electron chi connectivity index (χ4n) is 2.72. The van der Waals surface area contributed by atoms with Crippen LogP contribution in [-0.4, -0.2) is 5.25 Å². The van der Waals surface area contributed by atoms with Gasteiger partial charge in [-0.15, -0.1) is 0 Å². The zero-order valence-corrected chi connectivity index (χ0v) is 10.9. The van der Waals surface area contributed by atoms with Gasteiger partial charge in [-0.3, -0.25) is 0 Å². The van der Waals surface area contributed by atoms with Crippen LogP contribution in [0.3, 0.4) is 0 Å². The average molecular weight is 214 g/mol. The predicted octanol–water partition coefficient (Wildman–Crippen LogP) is 4.55. The molecule has 0 aromatic carbocycles. The highest BCUT2D eigenvalue weighted by Gasteiger charge is 2.20. The van der Waals surface area contributed by atoms with E-state index in [-0.39, 0.29) is 0 Å². The molecule has 1 aliphatic rings. The van der Waals surface area contributed by atoms with Crippen LogP contribution in [0.2, 0.25) is 0 Å². The van der Waals surface area contributed by atoms with Crippen LogP contribution in [-0.2, 0) is 0 Å². The van der Waals surface area contributed by atoms with Crippen LogP contribution in [0.15, 0.2) is 0 Å². The first kappa shape index (κ1) is 12.4. The summed E-state index contributed by atoms with van der Waals surface area (Å²) in [4.78, 5) is 0. The van der Waals surface area contributed by atoms with E-state index < -0.39 is 0 Å². The zero-order valence-electron chi connectivity index (χ0n) is 10.00. The van der Waals surface area contributed by atoms with Crippen molar-refractivity contribution in [3.63, 3.8) is 0 Å². The highest BCUT2D eigenvalue weighted by molar-refractivity contribution is 7.80. The third kappa shape index (κ3) is 3.84. The molecule has 1 atom stereocenters. The molecule has 1 aliphatic carbocycles. The topological polar surface area (TPSA) is 0 Å². The van der Waals surface area contributed by atoms with Crippen LogP contribution >= 0.6 is 12.6 Å². The minimum Gasteiger partial charge on any atom is -0.176 e. The van der Waals surface area contributed by atoms with Crippen molar-refractivity contribution in [1.29, 1.82) is 0 Å². The Labute approximate surface area is 95.3 Å². The van der Waals surface area contributed by atoms with E-state index in [2.05, 4.69) is 33.4 Å². The lowest BCUT2D eigenvalue weighted by Crippen LogP contribution is -2.18. The number of hydrogen-bond donors (Lipinski definition) is 1. The van der Waals surface area contributed by atoms with E-state index in [1.165, 1.54) is 38.5 Å². The van der Waals surface area contributed by atoms with Gasteiger partial charge in [0.25, 0.3) is 0 Å². The van der Waals surface area contributed by atoms with Gasteiger partial charge in [0.05, 0.1) is 0 Å². The van der Waals surface area contributed by atoms with Crippen LogP contribution in [0.1, 0.15) is 59.3 Å². The lowest BCUT2D eigenvalue weighted by molar-refractivity contribution is 0.265. The maximum Gasteiger partial charge on any atom is 0.00167 e. The molecule has 0 N–H and O–H groups in total. The first-order valence-electron chi connectivity index (χ1n) is 6.29. The Kier molecular flexibility index (Phi) is 5.36. The van der Waals surface area contributed by atoms with Crippen molar-refractivity contribution in [2.24, 2.45) is 17.8 Å². The van der Waals surface area contributed by atoms with Crippen molar-refractivity contribution in [3.05, 3.63) is 0 Å². The molecule has 0 bridgehead atoms. The molecular formula is C13H26S. The fourth-order valence-corrected chi connectivity index (χ4v) is 3.02. The summed E-state index contributed by atoms with van der Waals surface area (Å²) in [6.45, 7) is 7.02. The Morgan fingerprint density at radius 1 is 0.857 bits per heavy atom. The maximum atomic E-state index is 4.59. The fraction of sp³-hybridized carbons (Fsp3) is 1.00. The van der Waals surface area contributed by atoms with Crippen LogP contribution in [0.5, 0.6) is 0 Å². The van der Waals surface area contributed by atoms with Crippen LogP contribution < -0.4 is 0 Å². The largest absolute Gasteiger partial charge is 0.176 e. The Bertz CT molecular complexity index is 125. The van der Waals surface area contributed by atoms with E-state index >= 15 is 0 Å². The molecule has 0 nitrogen and oxygen atoms in total. The van der Waals surface area contributed by atoms with E-state index in [9.17, 15) is 0 Å². The number of hydrogen-bond acceptors (Lipinski definition) is 1. The summed E-state index contributed by atoms with van der Waals surface area (Å²) in [6.07, 6.45) is 8.59. The lowest BCUT2D eigenvalue weighted by atomic mass is 9.80. The highest BCUT2D eigenvalue weighted by Crippen LogP contribution is 2.32. The molecule has 0 aromatic heterocycles. The van der Waals surface area contributed by atoms with Gasteiger partial charge in [-0.25, -0.2) is 0 Å². The van der Waals surface area contributed by atoms with Gasteiger partial charge < -0.3 is 0 Å². The quantitative estimate of drug-likeness (QED) is 0.641. The van der Waals surface area contributed by atoms with Crippen LogP contribution in [0.25, 0.3) is 0 Å². The van der Waals surface area contributed by atoms with Gasteiger partial charge in [-0.05, 0) is 30.6 Å². The molecule has 0 amide bonds. The molecule has 1 unspecified atom stereocenters. The molecule has 0 aromatic rings. The Balaban J connectivity index is 2.35. The van der Waals surface area contributed by atoms with Crippen LogP contribution in [0, 0.1) is 17.8 Å². The molecular weight excluding hydrogens is 188 g/mol. The molecule has 0 heterocycles. The van der Waals surface area contributed by atoms with Gasteiger partial charge >= 0.3 is 0 Å². The second-order valence-electron chi connectivity index (χ2n) is 5.37. The molecule has 0 spiro atoms. The molecule has 1 saturated carbocycles. The molecule has 1 rings (SSSR count). The van der Waals surface area contributed by atoms with E-state index in [1.807, 2.05) is 0 Å². The van der Waals surface area contributed by atoms with Gasteiger partial charge in [-0.2, -0.15) is 12.6 Å². The monoisotopic (exact) mass is 214 g/mol. The van der Waals surface area contributed by atoms with Crippen molar-refractivity contribution in [2.75, 3.05) is 0 Å². The SMILES string of the molecule is CC(C)C1CCCC(C(C)S)CCC1. The highest BCUT2D eigenvalue weighted by atomic mass is 32.1. The maximum absolute atomic E-state index is 4.59. The third-order valence-electron chi connectivity index (χ3n) is 3.92. The molecule has 0 radical (unpaired) electrons. The lowest BCUT2D eigenvalue weighted by Gasteiger charge is -2.28. The Morgan fingerprint density at radius 3 is 1.64 bits per heavy atom. The average Bonchev–Trinajstić information content (AvgIpc) is 2.01. The first-order chi connectivity index (χ1) is 6.61. The summed E-state index contributed by atoms with van der Waals surface area (Å²) >= 11 is 4.59. The second-order valence-corrected chi connectivity index (χ2v) is 6.18. The molecule has 0 saturated heterocycles. The minimum absolute atomic E-state index is 0.602. The van der Waals surface area contributed by atoms with Gasteiger partial charge in [0.2, 0.25) is 0 Å². The van der Waals surface area contributed by atoms with Crippen LogP contribution in [0.4, 0.5) is 0 Å². The summed E-state index contributed by atoms with van der Waals surface area (Å²) < 4.78 is 0. The molecule has 1 fully saturated rings. The predicted molar refractivity (Wildman–Crippen MR) is 68.0 cm³/mol. The smallest absolute Gasteiger partial charge is 0.00167 e. The zero-order chi connectivity index (χ0) is 10.6. The summed E-state index contributed by atoms with van der Waals surface area (Å²) in [5.41, 5.74) is 0. The summed E-state index contributed by atoms with van der Waals surface area (Å²) in [7, 11) is 0.